The lowest BCUT2D eigenvalue weighted by Crippen LogP contribution is -2.54. The molecular formula is C16H25N3O2. The van der Waals surface area contributed by atoms with Crippen molar-refractivity contribution in [1.82, 2.24) is 9.80 Å². The monoisotopic (exact) mass is 291 g/mol. The number of anilines is 1. The molecule has 0 aliphatic carbocycles. The van der Waals surface area contributed by atoms with Gasteiger partial charge in [-0.25, -0.2) is 4.79 Å². The molecule has 1 saturated heterocycles. The SMILES string of the molecule is CCN1CCN(C(=O)Nc2ccc(C(C)O)cc2)CC1C. The molecule has 1 aliphatic rings. The van der Waals surface area contributed by atoms with Crippen LogP contribution in [-0.4, -0.2) is 53.2 Å². The van der Waals surface area contributed by atoms with Crippen LogP contribution in [0.25, 0.3) is 0 Å². The number of likely N-dealkylation sites (N-methyl/N-ethyl adjacent to an activating group) is 1. The maximum atomic E-state index is 12.3. The standard InChI is InChI=1S/C16H25N3O2/c1-4-18-9-10-19(11-12(18)2)16(21)17-15-7-5-14(6-8-15)13(3)20/h5-8,12-13,20H,4,9-11H2,1-3H3,(H,17,21). The number of benzene rings is 1. The van der Waals surface area contributed by atoms with E-state index in [1.54, 1.807) is 6.92 Å². The second kappa shape index (κ2) is 6.91. The number of urea groups is 1. The van der Waals surface area contributed by atoms with E-state index in [1.165, 1.54) is 0 Å². The average molecular weight is 291 g/mol. The van der Waals surface area contributed by atoms with Gasteiger partial charge in [0.05, 0.1) is 6.10 Å². The summed E-state index contributed by atoms with van der Waals surface area (Å²) in [5.41, 5.74) is 1.60. The first-order valence-corrected chi connectivity index (χ1v) is 7.59. The van der Waals surface area contributed by atoms with Crippen molar-refractivity contribution in [2.45, 2.75) is 32.9 Å². The minimum absolute atomic E-state index is 0.0533. The van der Waals surface area contributed by atoms with E-state index in [2.05, 4.69) is 24.1 Å². The maximum Gasteiger partial charge on any atom is 0.321 e. The molecule has 1 aromatic carbocycles. The van der Waals surface area contributed by atoms with E-state index in [1.807, 2.05) is 29.2 Å². The summed E-state index contributed by atoms with van der Waals surface area (Å²) in [7, 11) is 0. The Hall–Kier alpha value is -1.59. The molecule has 2 N–H and O–H groups in total. The van der Waals surface area contributed by atoms with Crippen LogP contribution in [0.2, 0.25) is 0 Å². The van der Waals surface area contributed by atoms with Gasteiger partial charge in [-0.05, 0) is 38.1 Å². The number of nitrogens with one attached hydrogen (secondary N) is 1. The zero-order valence-corrected chi connectivity index (χ0v) is 13.0. The van der Waals surface area contributed by atoms with Gasteiger partial charge in [-0.2, -0.15) is 0 Å². The van der Waals surface area contributed by atoms with Crippen molar-refractivity contribution >= 4 is 11.7 Å². The summed E-state index contributed by atoms with van der Waals surface area (Å²) in [6.07, 6.45) is -0.488. The van der Waals surface area contributed by atoms with Crippen LogP contribution in [0.3, 0.4) is 0 Å². The lowest BCUT2D eigenvalue weighted by atomic mass is 10.1. The van der Waals surface area contributed by atoms with Crippen LogP contribution in [-0.2, 0) is 0 Å². The van der Waals surface area contributed by atoms with Gasteiger partial charge in [0.1, 0.15) is 0 Å². The molecule has 21 heavy (non-hydrogen) atoms. The van der Waals surface area contributed by atoms with E-state index in [-0.39, 0.29) is 6.03 Å². The molecule has 0 spiro atoms. The molecule has 0 radical (unpaired) electrons. The lowest BCUT2D eigenvalue weighted by molar-refractivity contribution is 0.108. The molecule has 2 rings (SSSR count). The van der Waals surface area contributed by atoms with Gasteiger partial charge in [0, 0.05) is 31.4 Å². The highest BCUT2D eigenvalue weighted by Crippen LogP contribution is 2.17. The Morgan fingerprint density at radius 1 is 1.38 bits per heavy atom. The first-order valence-electron chi connectivity index (χ1n) is 7.59. The van der Waals surface area contributed by atoms with Gasteiger partial charge in [-0.1, -0.05) is 19.1 Å². The minimum Gasteiger partial charge on any atom is -0.389 e. The summed E-state index contributed by atoms with van der Waals surface area (Å²) >= 11 is 0. The summed E-state index contributed by atoms with van der Waals surface area (Å²) in [6, 6.07) is 7.65. The number of piperazine rings is 1. The predicted molar refractivity (Wildman–Crippen MR) is 84.4 cm³/mol. The van der Waals surface area contributed by atoms with E-state index in [0.717, 1.165) is 37.4 Å². The van der Waals surface area contributed by atoms with Crippen LogP contribution in [0.4, 0.5) is 10.5 Å². The first-order chi connectivity index (χ1) is 10.0. The van der Waals surface area contributed by atoms with Gasteiger partial charge in [0.15, 0.2) is 0 Å². The molecule has 0 saturated carbocycles. The van der Waals surface area contributed by atoms with Crippen molar-refractivity contribution in [2.24, 2.45) is 0 Å². The molecule has 5 heteroatoms. The molecule has 2 unspecified atom stereocenters. The lowest BCUT2D eigenvalue weighted by Gasteiger charge is -2.39. The molecule has 0 aromatic heterocycles. The highest BCUT2D eigenvalue weighted by atomic mass is 16.3. The van der Waals surface area contributed by atoms with Crippen molar-refractivity contribution in [3.8, 4) is 0 Å². The Kier molecular flexibility index (Phi) is 5.20. The number of hydrogen-bond acceptors (Lipinski definition) is 3. The molecule has 1 fully saturated rings. The number of carbonyl (C=O) groups excluding carboxylic acids is 1. The number of carbonyl (C=O) groups is 1. The van der Waals surface area contributed by atoms with Gasteiger partial charge < -0.3 is 15.3 Å². The molecule has 116 valence electrons. The first kappa shape index (κ1) is 15.8. The quantitative estimate of drug-likeness (QED) is 0.898. The number of nitrogens with zero attached hydrogens (tertiary/aromatic N) is 2. The third kappa shape index (κ3) is 3.95. The Balaban J connectivity index is 1.92. The smallest absolute Gasteiger partial charge is 0.321 e. The topological polar surface area (TPSA) is 55.8 Å². The molecule has 2 amide bonds. The van der Waals surface area contributed by atoms with Crippen LogP contribution in [0.15, 0.2) is 24.3 Å². The normalized spacial score (nSPS) is 21.1. The Labute approximate surface area is 126 Å². The number of hydrogen-bond donors (Lipinski definition) is 2. The molecule has 5 nitrogen and oxygen atoms in total. The molecule has 1 aliphatic heterocycles. The number of aliphatic hydroxyl groups excluding tert-OH is 1. The van der Waals surface area contributed by atoms with Crippen molar-refractivity contribution < 1.29 is 9.90 Å². The van der Waals surface area contributed by atoms with E-state index >= 15 is 0 Å². The van der Waals surface area contributed by atoms with Crippen LogP contribution >= 0.6 is 0 Å². The number of amides is 2. The molecular weight excluding hydrogens is 266 g/mol. The van der Waals surface area contributed by atoms with Gasteiger partial charge in [-0.15, -0.1) is 0 Å². The Morgan fingerprint density at radius 2 is 2.05 bits per heavy atom. The van der Waals surface area contributed by atoms with Gasteiger partial charge in [-0.3, -0.25) is 4.90 Å². The van der Waals surface area contributed by atoms with Gasteiger partial charge in [0.2, 0.25) is 0 Å². The van der Waals surface area contributed by atoms with Crippen molar-refractivity contribution in [3.63, 3.8) is 0 Å². The highest BCUT2D eigenvalue weighted by Gasteiger charge is 2.25. The Bertz CT molecular complexity index is 473. The number of aliphatic hydroxyl groups is 1. The summed E-state index contributed by atoms with van der Waals surface area (Å²) in [4.78, 5) is 16.5. The van der Waals surface area contributed by atoms with Gasteiger partial charge >= 0.3 is 6.03 Å². The highest BCUT2D eigenvalue weighted by molar-refractivity contribution is 5.89. The van der Waals surface area contributed by atoms with Crippen LogP contribution < -0.4 is 5.32 Å². The van der Waals surface area contributed by atoms with E-state index in [9.17, 15) is 9.90 Å². The van der Waals surface area contributed by atoms with Gasteiger partial charge in [0.25, 0.3) is 0 Å². The minimum atomic E-state index is -0.488. The van der Waals surface area contributed by atoms with Crippen molar-refractivity contribution in [3.05, 3.63) is 29.8 Å². The van der Waals surface area contributed by atoms with Crippen molar-refractivity contribution in [1.29, 1.82) is 0 Å². The summed E-state index contributed by atoms with van der Waals surface area (Å²) in [5, 5.41) is 12.4. The number of rotatable bonds is 3. The fourth-order valence-electron chi connectivity index (χ4n) is 2.70. The fourth-order valence-corrected chi connectivity index (χ4v) is 2.70. The predicted octanol–water partition coefficient (Wildman–Crippen LogP) is 2.30. The summed E-state index contributed by atoms with van der Waals surface area (Å²) in [6.45, 7) is 9.49. The molecule has 2 atom stereocenters. The largest absolute Gasteiger partial charge is 0.389 e. The molecule has 1 aromatic rings. The maximum absolute atomic E-state index is 12.3. The summed E-state index contributed by atoms with van der Waals surface area (Å²) < 4.78 is 0. The molecule has 1 heterocycles. The second-order valence-electron chi connectivity index (χ2n) is 5.65. The van der Waals surface area contributed by atoms with Crippen molar-refractivity contribution in [2.75, 3.05) is 31.5 Å². The van der Waals surface area contributed by atoms with E-state index in [4.69, 9.17) is 0 Å². The average Bonchev–Trinajstić information content (AvgIpc) is 2.47. The van der Waals surface area contributed by atoms with E-state index < -0.39 is 6.10 Å². The van der Waals surface area contributed by atoms with Crippen LogP contribution in [0.5, 0.6) is 0 Å². The third-order valence-corrected chi connectivity index (χ3v) is 4.10. The third-order valence-electron chi connectivity index (χ3n) is 4.10. The second-order valence-corrected chi connectivity index (χ2v) is 5.65. The molecule has 0 bridgehead atoms. The zero-order valence-electron chi connectivity index (χ0n) is 13.0. The van der Waals surface area contributed by atoms with E-state index in [0.29, 0.717) is 6.04 Å². The Morgan fingerprint density at radius 3 is 2.57 bits per heavy atom. The zero-order chi connectivity index (χ0) is 15.4. The van der Waals surface area contributed by atoms with Crippen LogP contribution in [0, 0.1) is 0 Å². The summed E-state index contributed by atoms with van der Waals surface area (Å²) in [5.74, 6) is 0. The van der Waals surface area contributed by atoms with Crippen LogP contribution in [0.1, 0.15) is 32.4 Å². The fraction of sp³-hybridized carbons (Fsp3) is 0.562.